The van der Waals surface area contributed by atoms with Crippen LogP contribution in [0.15, 0.2) is 48.7 Å². The molecule has 0 radical (unpaired) electrons. The van der Waals surface area contributed by atoms with E-state index in [1.165, 1.54) is 11.1 Å². The molecule has 4 rings (SSSR count). The number of nitrogens with zero attached hydrogens (tertiary/aromatic N) is 2. The first-order chi connectivity index (χ1) is 11.7. The largest absolute Gasteiger partial charge is 0.497 e. The van der Waals surface area contributed by atoms with Gasteiger partial charge in [-0.2, -0.15) is 0 Å². The zero-order valence-corrected chi connectivity index (χ0v) is 13.4. The van der Waals surface area contributed by atoms with Crippen molar-refractivity contribution in [3.05, 3.63) is 59.8 Å². The van der Waals surface area contributed by atoms with Crippen LogP contribution in [-0.4, -0.2) is 17.1 Å². The van der Waals surface area contributed by atoms with Gasteiger partial charge in [-0.3, -0.25) is 0 Å². The first-order valence-electron chi connectivity index (χ1n) is 7.89. The Morgan fingerprint density at radius 1 is 1.04 bits per heavy atom. The van der Waals surface area contributed by atoms with Crippen LogP contribution in [0.3, 0.4) is 0 Å². The van der Waals surface area contributed by atoms with Crippen LogP contribution in [0.5, 0.6) is 5.75 Å². The minimum absolute atomic E-state index is 0.585. The Balaban J connectivity index is 1.70. The lowest BCUT2D eigenvalue weighted by Gasteiger charge is -2.20. The lowest BCUT2D eigenvalue weighted by atomic mass is 9.90. The van der Waals surface area contributed by atoms with Gasteiger partial charge in [-0.05, 0) is 66.4 Å². The molecule has 3 aromatic rings. The first kappa shape index (κ1) is 14.5. The molecule has 0 saturated carbocycles. The van der Waals surface area contributed by atoms with Crippen LogP contribution in [0.4, 0.5) is 17.3 Å². The smallest absolute Gasteiger partial charge is 0.227 e. The van der Waals surface area contributed by atoms with E-state index in [0.717, 1.165) is 41.2 Å². The van der Waals surface area contributed by atoms with Crippen molar-refractivity contribution in [2.24, 2.45) is 0 Å². The molecule has 0 aliphatic heterocycles. The zero-order chi connectivity index (χ0) is 16.5. The topological polar surface area (TPSA) is 73.1 Å². The number of anilines is 3. The second kappa shape index (κ2) is 5.85. The number of nitrogens with two attached hydrogens (primary N) is 1. The van der Waals surface area contributed by atoms with E-state index in [0.29, 0.717) is 5.95 Å². The second-order valence-electron chi connectivity index (χ2n) is 5.84. The average Bonchev–Trinajstić information content (AvgIpc) is 2.63. The van der Waals surface area contributed by atoms with Crippen LogP contribution < -0.4 is 15.8 Å². The van der Waals surface area contributed by atoms with Gasteiger partial charge in [0.2, 0.25) is 5.95 Å². The number of nitrogen functional groups attached to an aromatic ring is 1. The van der Waals surface area contributed by atoms with Crippen LogP contribution >= 0.6 is 0 Å². The number of rotatable bonds is 3. The molecular formula is C19H18N4O. The van der Waals surface area contributed by atoms with E-state index < -0.39 is 0 Å². The van der Waals surface area contributed by atoms with E-state index in [4.69, 9.17) is 15.5 Å². The molecule has 0 amide bonds. The van der Waals surface area contributed by atoms with Crippen LogP contribution in [-0.2, 0) is 12.8 Å². The predicted molar refractivity (Wildman–Crippen MR) is 95.6 cm³/mol. The van der Waals surface area contributed by atoms with E-state index >= 15 is 0 Å². The van der Waals surface area contributed by atoms with Crippen molar-refractivity contribution in [3.8, 4) is 17.0 Å². The summed E-state index contributed by atoms with van der Waals surface area (Å²) in [6.45, 7) is 0. The Labute approximate surface area is 140 Å². The number of fused-ring (bicyclic) bond motifs is 3. The summed E-state index contributed by atoms with van der Waals surface area (Å²) in [4.78, 5) is 9.17. The minimum atomic E-state index is 0.585. The highest BCUT2D eigenvalue weighted by Crippen LogP contribution is 2.34. The van der Waals surface area contributed by atoms with Crippen LogP contribution in [0.1, 0.15) is 11.1 Å². The maximum Gasteiger partial charge on any atom is 0.227 e. The molecular weight excluding hydrogens is 300 g/mol. The fourth-order valence-electron chi connectivity index (χ4n) is 2.98. The van der Waals surface area contributed by atoms with E-state index in [1.54, 1.807) is 7.11 Å². The first-order valence-corrected chi connectivity index (χ1v) is 7.89. The minimum Gasteiger partial charge on any atom is -0.497 e. The highest BCUT2D eigenvalue weighted by atomic mass is 16.5. The third kappa shape index (κ3) is 2.65. The van der Waals surface area contributed by atoms with Gasteiger partial charge in [-0.1, -0.05) is 0 Å². The van der Waals surface area contributed by atoms with Crippen molar-refractivity contribution in [1.29, 1.82) is 0 Å². The molecule has 0 spiro atoms. The summed E-state index contributed by atoms with van der Waals surface area (Å²) in [6.07, 6.45) is 3.83. The van der Waals surface area contributed by atoms with Crippen molar-refractivity contribution in [1.82, 2.24) is 9.97 Å². The monoisotopic (exact) mass is 318 g/mol. The van der Waals surface area contributed by atoms with E-state index in [2.05, 4.69) is 22.4 Å². The molecule has 0 fully saturated rings. The van der Waals surface area contributed by atoms with Crippen molar-refractivity contribution in [3.63, 3.8) is 0 Å². The highest BCUT2D eigenvalue weighted by Gasteiger charge is 2.19. The van der Waals surface area contributed by atoms with Gasteiger partial charge in [0.05, 0.1) is 12.8 Å². The number of hydrogen-bond acceptors (Lipinski definition) is 5. The predicted octanol–water partition coefficient (Wildman–Crippen LogP) is 3.58. The summed E-state index contributed by atoms with van der Waals surface area (Å²) in [5.41, 5.74) is 11.9. The summed E-state index contributed by atoms with van der Waals surface area (Å²) in [5.74, 6) is 1.47. The van der Waals surface area contributed by atoms with Gasteiger partial charge in [0.25, 0.3) is 0 Å². The van der Waals surface area contributed by atoms with Crippen molar-refractivity contribution < 1.29 is 4.74 Å². The van der Waals surface area contributed by atoms with E-state index in [9.17, 15) is 0 Å². The molecule has 5 heteroatoms. The van der Waals surface area contributed by atoms with Crippen molar-refractivity contribution in [2.75, 3.05) is 18.2 Å². The van der Waals surface area contributed by atoms with Gasteiger partial charge in [-0.15, -0.1) is 0 Å². The number of nitrogens with one attached hydrogen (secondary N) is 1. The maximum absolute atomic E-state index is 5.72. The lowest BCUT2D eigenvalue weighted by Crippen LogP contribution is -2.09. The molecule has 3 N–H and O–H groups in total. The van der Waals surface area contributed by atoms with Crippen molar-refractivity contribution in [2.45, 2.75) is 12.8 Å². The van der Waals surface area contributed by atoms with Crippen LogP contribution in [0.2, 0.25) is 0 Å². The molecule has 2 aromatic carbocycles. The van der Waals surface area contributed by atoms with E-state index in [1.807, 2.05) is 36.5 Å². The Kier molecular flexibility index (Phi) is 3.54. The number of methoxy groups -OCH3 is 1. The Morgan fingerprint density at radius 3 is 2.62 bits per heavy atom. The molecule has 5 nitrogen and oxygen atoms in total. The normalized spacial score (nSPS) is 12.2. The lowest BCUT2D eigenvalue weighted by molar-refractivity contribution is 0.414. The Bertz CT molecular complexity index is 890. The molecule has 24 heavy (non-hydrogen) atoms. The number of aromatic nitrogens is 2. The SMILES string of the molecule is COc1ccc2c(c1)CCc1cnc(Nc3ccc(N)cc3)nc1-2. The Morgan fingerprint density at radius 2 is 1.83 bits per heavy atom. The van der Waals surface area contributed by atoms with Gasteiger partial charge < -0.3 is 15.8 Å². The zero-order valence-electron chi connectivity index (χ0n) is 13.4. The van der Waals surface area contributed by atoms with E-state index in [-0.39, 0.29) is 0 Å². The molecule has 0 saturated heterocycles. The van der Waals surface area contributed by atoms with Gasteiger partial charge in [0.15, 0.2) is 0 Å². The molecule has 1 aliphatic rings. The summed E-state index contributed by atoms with van der Waals surface area (Å²) >= 11 is 0. The van der Waals surface area contributed by atoms with Gasteiger partial charge in [-0.25, -0.2) is 9.97 Å². The summed E-state index contributed by atoms with van der Waals surface area (Å²) in [5, 5.41) is 3.23. The van der Waals surface area contributed by atoms with Gasteiger partial charge >= 0.3 is 0 Å². The number of ether oxygens (including phenoxy) is 1. The summed E-state index contributed by atoms with van der Waals surface area (Å²) in [6, 6.07) is 13.7. The molecule has 0 unspecified atom stereocenters. The standard InChI is InChI=1S/C19H18N4O/c1-24-16-8-9-17-12(10-16)2-3-13-11-21-19(23-18(13)17)22-15-6-4-14(20)5-7-15/h4-11H,2-3,20H2,1H3,(H,21,22,23). The highest BCUT2D eigenvalue weighted by molar-refractivity contribution is 5.71. The molecule has 1 heterocycles. The molecule has 0 bridgehead atoms. The third-order valence-electron chi connectivity index (χ3n) is 4.26. The van der Waals surface area contributed by atoms with Crippen LogP contribution in [0.25, 0.3) is 11.3 Å². The maximum atomic E-state index is 5.72. The van der Waals surface area contributed by atoms with Gasteiger partial charge in [0.1, 0.15) is 5.75 Å². The summed E-state index contributed by atoms with van der Waals surface area (Å²) in [7, 11) is 1.69. The fourth-order valence-corrected chi connectivity index (χ4v) is 2.98. The molecule has 1 aromatic heterocycles. The fraction of sp³-hybridized carbons (Fsp3) is 0.158. The average molecular weight is 318 g/mol. The molecule has 0 atom stereocenters. The van der Waals surface area contributed by atoms with Gasteiger partial charge in [0, 0.05) is 23.1 Å². The number of aryl methyl sites for hydroxylation is 2. The Hall–Kier alpha value is -3.08. The second-order valence-corrected chi connectivity index (χ2v) is 5.84. The molecule has 1 aliphatic carbocycles. The van der Waals surface area contributed by atoms with Crippen molar-refractivity contribution >= 4 is 17.3 Å². The number of hydrogen-bond donors (Lipinski definition) is 2. The number of benzene rings is 2. The quantitative estimate of drug-likeness (QED) is 0.722. The summed E-state index contributed by atoms with van der Waals surface area (Å²) < 4.78 is 5.33. The van der Waals surface area contributed by atoms with Crippen LogP contribution in [0, 0.1) is 0 Å². The third-order valence-corrected chi connectivity index (χ3v) is 4.26. The molecule has 120 valence electrons.